The van der Waals surface area contributed by atoms with E-state index >= 15 is 0 Å². The van der Waals surface area contributed by atoms with Gasteiger partial charge in [-0.25, -0.2) is 9.97 Å². The van der Waals surface area contributed by atoms with Crippen LogP contribution in [0.4, 0.5) is 5.69 Å². The van der Waals surface area contributed by atoms with Crippen LogP contribution in [0.2, 0.25) is 0 Å². The molecule has 2 aromatic heterocycles. The summed E-state index contributed by atoms with van der Waals surface area (Å²) in [5.41, 5.74) is 2.62. The minimum absolute atomic E-state index is 0.325. The highest BCUT2D eigenvalue weighted by molar-refractivity contribution is 5.95. The first-order valence-electron chi connectivity index (χ1n) is 9.89. The number of nitriles is 1. The monoisotopic (exact) mass is 424 g/mol. The molecule has 0 saturated heterocycles. The Hall–Kier alpha value is -4.58. The van der Waals surface area contributed by atoms with Crippen LogP contribution in [0.3, 0.4) is 0 Å². The number of hydrogen-bond acceptors (Lipinski definition) is 7. The quantitative estimate of drug-likeness (QED) is 0.468. The Morgan fingerprint density at radius 2 is 1.97 bits per heavy atom. The zero-order chi connectivity index (χ0) is 22.3. The van der Waals surface area contributed by atoms with Crippen LogP contribution in [0, 0.1) is 11.3 Å². The van der Waals surface area contributed by atoms with Crippen molar-refractivity contribution in [2.75, 3.05) is 5.32 Å². The Kier molecular flexibility index (Phi) is 6.13. The minimum atomic E-state index is -0.723. The summed E-state index contributed by atoms with van der Waals surface area (Å²) >= 11 is 0. The molecule has 1 atom stereocenters. The zero-order valence-electron chi connectivity index (χ0n) is 17.3. The molecule has 9 heteroatoms. The average Bonchev–Trinajstić information content (AvgIpc) is 3.22. The molecule has 0 unspecified atom stereocenters. The van der Waals surface area contributed by atoms with Crippen LogP contribution < -0.4 is 10.6 Å². The standard InChI is InChI=1S/C23H20N8O/c1-31-21(29-30-22(31)19-10-11-25-15-27-19)14-26-18-9-5-8-17(12-18)23(32)28-20(13-24)16-6-3-2-4-7-16/h2-12,15,20,26H,14H2,1H3,(H,28,32)/t20-/m0/s1. The second-order valence-corrected chi connectivity index (χ2v) is 6.97. The van der Waals surface area contributed by atoms with E-state index in [4.69, 9.17) is 0 Å². The van der Waals surface area contributed by atoms with Crippen LogP contribution in [0.5, 0.6) is 0 Å². The van der Waals surface area contributed by atoms with Gasteiger partial charge in [-0.1, -0.05) is 36.4 Å². The van der Waals surface area contributed by atoms with Gasteiger partial charge >= 0.3 is 0 Å². The number of rotatable bonds is 7. The lowest BCUT2D eigenvalue weighted by molar-refractivity contribution is 0.0945. The number of carbonyl (C=O) groups excluding carboxylic acids is 1. The van der Waals surface area contributed by atoms with Crippen molar-refractivity contribution in [2.45, 2.75) is 12.6 Å². The second-order valence-electron chi connectivity index (χ2n) is 6.97. The van der Waals surface area contributed by atoms with Gasteiger partial charge in [-0.2, -0.15) is 5.26 Å². The van der Waals surface area contributed by atoms with E-state index in [9.17, 15) is 10.1 Å². The highest BCUT2D eigenvalue weighted by Crippen LogP contribution is 2.17. The van der Waals surface area contributed by atoms with Crippen LogP contribution in [-0.2, 0) is 13.6 Å². The summed E-state index contributed by atoms with van der Waals surface area (Å²) in [6, 6.07) is 19.4. The third-order valence-corrected chi connectivity index (χ3v) is 4.89. The highest BCUT2D eigenvalue weighted by Gasteiger charge is 2.16. The average molecular weight is 424 g/mol. The predicted molar refractivity (Wildman–Crippen MR) is 118 cm³/mol. The van der Waals surface area contributed by atoms with E-state index in [0.29, 0.717) is 29.5 Å². The number of anilines is 1. The van der Waals surface area contributed by atoms with Gasteiger partial charge < -0.3 is 15.2 Å². The van der Waals surface area contributed by atoms with Gasteiger partial charge in [0.1, 0.15) is 18.1 Å². The number of nitrogens with one attached hydrogen (secondary N) is 2. The van der Waals surface area contributed by atoms with E-state index in [2.05, 4.69) is 36.9 Å². The van der Waals surface area contributed by atoms with E-state index in [1.54, 1.807) is 30.5 Å². The van der Waals surface area contributed by atoms with Crippen molar-refractivity contribution in [3.63, 3.8) is 0 Å². The summed E-state index contributed by atoms with van der Waals surface area (Å²) in [4.78, 5) is 20.8. The van der Waals surface area contributed by atoms with E-state index in [1.165, 1.54) is 6.33 Å². The number of hydrogen-bond donors (Lipinski definition) is 2. The number of benzene rings is 2. The molecule has 0 aliphatic carbocycles. The Morgan fingerprint density at radius 1 is 1.12 bits per heavy atom. The Balaban J connectivity index is 1.43. The maximum atomic E-state index is 12.7. The minimum Gasteiger partial charge on any atom is -0.378 e. The molecule has 2 heterocycles. The van der Waals surface area contributed by atoms with Crippen molar-refractivity contribution in [2.24, 2.45) is 7.05 Å². The first-order chi connectivity index (χ1) is 15.7. The lowest BCUT2D eigenvalue weighted by Gasteiger charge is -2.13. The van der Waals surface area contributed by atoms with Crippen molar-refractivity contribution in [3.05, 3.63) is 90.1 Å². The van der Waals surface area contributed by atoms with E-state index in [-0.39, 0.29) is 5.91 Å². The van der Waals surface area contributed by atoms with Gasteiger partial charge in [0.15, 0.2) is 11.6 Å². The number of aromatic nitrogens is 5. The predicted octanol–water partition coefficient (Wildman–Crippen LogP) is 2.88. The Morgan fingerprint density at radius 3 is 2.72 bits per heavy atom. The van der Waals surface area contributed by atoms with Gasteiger partial charge in [0.05, 0.1) is 12.6 Å². The second kappa shape index (κ2) is 9.49. The molecule has 4 aromatic rings. The molecule has 0 radical (unpaired) electrons. The molecular formula is C23H20N8O. The number of amides is 1. The van der Waals surface area contributed by atoms with Gasteiger partial charge in [-0.3, -0.25) is 4.79 Å². The van der Waals surface area contributed by atoms with Gasteiger partial charge in [-0.15, -0.1) is 10.2 Å². The highest BCUT2D eigenvalue weighted by atomic mass is 16.1. The summed E-state index contributed by atoms with van der Waals surface area (Å²) in [6.45, 7) is 0.407. The first kappa shape index (κ1) is 20.7. The maximum absolute atomic E-state index is 12.7. The lowest BCUT2D eigenvalue weighted by atomic mass is 10.1. The third-order valence-electron chi connectivity index (χ3n) is 4.89. The molecule has 0 saturated carbocycles. The first-order valence-corrected chi connectivity index (χ1v) is 9.89. The summed E-state index contributed by atoms with van der Waals surface area (Å²) in [5, 5.41) is 23.9. The molecule has 0 fully saturated rings. The molecule has 158 valence electrons. The maximum Gasteiger partial charge on any atom is 0.252 e. The van der Waals surface area contributed by atoms with Crippen LogP contribution in [0.15, 0.2) is 73.2 Å². The largest absolute Gasteiger partial charge is 0.378 e. The smallest absolute Gasteiger partial charge is 0.252 e. The molecule has 0 aliphatic rings. The van der Waals surface area contributed by atoms with Crippen LogP contribution in [0.1, 0.15) is 27.8 Å². The molecular weight excluding hydrogens is 404 g/mol. The molecule has 0 aliphatic heterocycles. The molecule has 9 nitrogen and oxygen atoms in total. The molecule has 1 amide bonds. The Bertz CT molecular complexity index is 1250. The molecule has 0 bridgehead atoms. The topological polar surface area (TPSA) is 121 Å². The number of nitrogens with zero attached hydrogens (tertiary/aromatic N) is 6. The summed E-state index contributed by atoms with van der Waals surface area (Å²) in [7, 11) is 1.87. The summed E-state index contributed by atoms with van der Waals surface area (Å²) in [5.74, 6) is 1.02. The van der Waals surface area contributed by atoms with Crippen LogP contribution in [-0.4, -0.2) is 30.6 Å². The van der Waals surface area contributed by atoms with E-state index in [1.807, 2.05) is 48.0 Å². The third kappa shape index (κ3) is 4.60. The van der Waals surface area contributed by atoms with Gasteiger partial charge in [-0.05, 0) is 29.8 Å². The molecule has 32 heavy (non-hydrogen) atoms. The zero-order valence-corrected chi connectivity index (χ0v) is 17.3. The fourth-order valence-electron chi connectivity index (χ4n) is 3.16. The molecule has 4 rings (SSSR count). The molecule has 2 aromatic carbocycles. The van der Waals surface area contributed by atoms with Crippen LogP contribution in [0.25, 0.3) is 11.5 Å². The van der Waals surface area contributed by atoms with Crippen molar-refractivity contribution < 1.29 is 4.79 Å². The Labute approximate surface area is 184 Å². The summed E-state index contributed by atoms with van der Waals surface area (Å²) < 4.78 is 1.85. The van der Waals surface area contributed by atoms with Crippen LogP contribution >= 0.6 is 0 Å². The van der Waals surface area contributed by atoms with Gasteiger partial charge in [0.2, 0.25) is 0 Å². The fraction of sp³-hybridized carbons (Fsp3) is 0.130. The summed E-state index contributed by atoms with van der Waals surface area (Å²) in [6.07, 6.45) is 3.12. The fourth-order valence-corrected chi connectivity index (χ4v) is 3.16. The van der Waals surface area contributed by atoms with Gasteiger partial charge in [0, 0.05) is 24.5 Å². The SMILES string of the molecule is Cn1c(CNc2cccc(C(=O)N[C@@H](C#N)c3ccccc3)c2)nnc1-c1ccncn1. The lowest BCUT2D eigenvalue weighted by Crippen LogP contribution is -2.27. The molecule has 0 spiro atoms. The normalized spacial score (nSPS) is 11.4. The van der Waals surface area contributed by atoms with Gasteiger partial charge in [0.25, 0.3) is 5.91 Å². The van der Waals surface area contributed by atoms with E-state index < -0.39 is 6.04 Å². The van der Waals surface area contributed by atoms with Crippen molar-refractivity contribution in [1.29, 1.82) is 5.26 Å². The van der Waals surface area contributed by atoms with E-state index in [0.717, 1.165) is 11.3 Å². The van der Waals surface area contributed by atoms with Crippen molar-refractivity contribution >= 4 is 11.6 Å². The molecule has 2 N–H and O–H groups in total. The number of carbonyl (C=O) groups is 1. The van der Waals surface area contributed by atoms with Crippen molar-refractivity contribution in [1.82, 2.24) is 30.0 Å². The van der Waals surface area contributed by atoms with Crippen molar-refractivity contribution in [3.8, 4) is 17.6 Å².